The van der Waals surface area contributed by atoms with Crippen LogP contribution in [0.3, 0.4) is 0 Å². The first-order valence-corrected chi connectivity index (χ1v) is 10.4. The van der Waals surface area contributed by atoms with Crippen molar-refractivity contribution < 1.29 is 24.3 Å². The first-order valence-electron chi connectivity index (χ1n) is 9.57. The minimum atomic E-state index is -1.05. The number of carbonyl (C=O) groups excluding carboxylic acids is 3. The van der Waals surface area contributed by atoms with Gasteiger partial charge in [-0.15, -0.1) is 11.3 Å². The lowest BCUT2D eigenvalue weighted by Crippen LogP contribution is -2.56. The Morgan fingerprint density at radius 1 is 1.00 bits per heavy atom. The highest BCUT2D eigenvalue weighted by molar-refractivity contribution is 7.10. The van der Waals surface area contributed by atoms with Crippen LogP contribution >= 0.6 is 11.3 Å². The molecule has 0 bridgehead atoms. The molecule has 1 aromatic heterocycles. The van der Waals surface area contributed by atoms with Gasteiger partial charge >= 0.3 is 5.97 Å². The van der Waals surface area contributed by atoms with Gasteiger partial charge in [0.1, 0.15) is 12.1 Å². The number of benzene rings is 1. The summed E-state index contributed by atoms with van der Waals surface area (Å²) in [7, 11) is 0. The molecular weight excluding hydrogens is 392 g/mol. The van der Waals surface area contributed by atoms with E-state index in [1.165, 1.54) is 16.2 Å². The van der Waals surface area contributed by atoms with Gasteiger partial charge in [-0.2, -0.15) is 0 Å². The molecule has 0 unspecified atom stereocenters. The zero-order valence-electron chi connectivity index (χ0n) is 15.4. The van der Waals surface area contributed by atoms with Crippen LogP contribution in [-0.4, -0.2) is 50.7 Å². The number of hydrogen-bond acceptors (Lipinski definition) is 5. The Kier molecular flexibility index (Phi) is 4.06. The predicted molar refractivity (Wildman–Crippen MR) is 104 cm³/mol. The molecule has 0 saturated carbocycles. The third-order valence-corrected chi connectivity index (χ3v) is 7.07. The minimum absolute atomic E-state index is 0.219. The summed E-state index contributed by atoms with van der Waals surface area (Å²) in [6, 6.07) is 6.13. The molecule has 5 rings (SSSR count). The van der Waals surface area contributed by atoms with Crippen molar-refractivity contribution in [2.75, 3.05) is 0 Å². The quantitative estimate of drug-likeness (QED) is 0.768. The fraction of sp³-hybridized carbons (Fsp3) is 0.333. The van der Waals surface area contributed by atoms with Gasteiger partial charge in [-0.1, -0.05) is 12.1 Å². The predicted octanol–water partition coefficient (Wildman–Crippen LogP) is 2.48. The minimum Gasteiger partial charge on any atom is -0.480 e. The van der Waals surface area contributed by atoms with Crippen LogP contribution in [0.25, 0.3) is 0 Å². The average Bonchev–Trinajstić information content (AvgIpc) is 3.25. The van der Waals surface area contributed by atoms with Crippen molar-refractivity contribution in [3.05, 3.63) is 57.3 Å². The number of hydrogen-bond donors (Lipinski definition) is 1. The summed E-state index contributed by atoms with van der Waals surface area (Å²) in [6.45, 7) is 0. The van der Waals surface area contributed by atoms with Crippen molar-refractivity contribution in [2.24, 2.45) is 0 Å². The second-order valence-corrected chi connectivity index (χ2v) is 8.59. The van der Waals surface area contributed by atoms with Gasteiger partial charge in [0.05, 0.1) is 17.2 Å². The number of piperidine rings is 1. The van der Waals surface area contributed by atoms with E-state index in [-0.39, 0.29) is 23.6 Å². The molecule has 7 nitrogen and oxygen atoms in total. The molecule has 0 spiro atoms. The van der Waals surface area contributed by atoms with Gasteiger partial charge in [-0.05, 0) is 48.4 Å². The largest absolute Gasteiger partial charge is 0.480 e. The van der Waals surface area contributed by atoms with Crippen molar-refractivity contribution in [1.82, 2.24) is 9.80 Å². The van der Waals surface area contributed by atoms with Gasteiger partial charge in [0.15, 0.2) is 0 Å². The molecule has 4 heterocycles. The van der Waals surface area contributed by atoms with E-state index in [0.29, 0.717) is 19.3 Å². The summed E-state index contributed by atoms with van der Waals surface area (Å²) in [6.07, 6.45) is 1.97. The maximum Gasteiger partial charge on any atom is 0.326 e. The molecule has 29 heavy (non-hydrogen) atoms. The Morgan fingerprint density at radius 2 is 1.69 bits per heavy atom. The summed E-state index contributed by atoms with van der Waals surface area (Å²) in [5.74, 6) is -2.50. The zero-order chi connectivity index (χ0) is 20.3. The van der Waals surface area contributed by atoms with E-state index >= 15 is 0 Å². The number of thiophene rings is 1. The third kappa shape index (κ3) is 2.55. The normalized spacial score (nSPS) is 26.1. The van der Waals surface area contributed by atoms with Crippen LogP contribution in [0.15, 0.2) is 35.7 Å². The van der Waals surface area contributed by atoms with Gasteiger partial charge in [0, 0.05) is 11.3 Å². The molecule has 1 aromatic carbocycles. The SMILES string of the molecule is O=C(O)[C@@H]1CCC[C@@H]2c3ccsc3C[C@H](N3C(=O)c4ccccc4C3=O)C(=O)N21. The maximum absolute atomic E-state index is 13.6. The first kappa shape index (κ1) is 18.1. The highest BCUT2D eigenvalue weighted by Crippen LogP contribution is 2.42. The fourth-order valence-electron chi connectivity index (χ4n) is 4.80. The van der Waals surface area contributed by atoms with Crippen LogP contribution in [0, 0.1) is 0 Å². The average molecular weight is 410 g/mol. The number of imide groups is 1. The fourth-order valence-corrected chi connectivity index (χ4v) is 5.77. The molecule has 0 aliphatic carbocycles. The monoisotopic (exact) mass is 410 g/mol. The molecule has 3 amide bonds. The molecule has 1 saturated heterocycles. The third-order valence-electron chi connectivity index (χ3n) is 6.11. The Bertz CT molecular complexity index is 1030. The van der Waals surface area contributed by atoms with Crippen molar-refractivity contribution in [3.8, 4) is 0 Å². The Morgan fingerprint density at radius 3 is 2.34 bits per heavy atom. The lowest BCUT2D eigenvalue weighted by atomic mass is 9.91. The first-order chi connectivity index (χ1) is 14.0. The van der Waals surface area contributed by atoms with Gasteiger partial charge in [-0.25, -0.2) is 4.79 Å². The number of carboxylic acids is 1. The highest BCUT2D eigenvalue weighted by Gasteiger charge is 2.50. The Labute approximate surface area is 170 Å². The van der Waals surface area contributed by atoms with Crippen LogP contribution in [0.2, 0.25) is 0 Å². The molecule has 148 valence electrons. The van der Waals surface area contributed by atoms with Gasteiger partial charge < -0.3 is 10.0 Å². The van der Waals surface area contributed by atoms with E-state index in [4.69, 9.17) is 0 Å². The maximum atomic E-state index is 13.6. The summed E-state index contributed by atoms with van der Waals surface area (Å²) < 4.78 is 0. The summed E-state index contributed by atoms with van der Waals surface area (Å²) in [5, 5.41) is 11.7. The standard InChI is InChI=1S/C21H18N2O5S/c24-18-11-4-1-2-5-12(11)19(25)23(18)16-10-17-13(8-9-29-17)14-6-3-7-15(21(27)28)22(14)20(16)26/h1-2,4-5,8-9,14-16H,3,6-7,10H2,(H,27,28)/t14-,15+,16+/m1/s1. The molecule has 8 heteroatoms. The summed E-state index contributed by atoms with van der Waals surface area (Å²) in [4.78, 5) is 54.9. The topological polar surface area (TPSA) is 95.0 Å². The second kappa shape index (κ2) is 6.52. The van der Waals surface area contributed by atoms with E-state index in [1.807, 2.05) is 11.4 Å². The van der Waals surface area contributed by atoms with E-state index < -0.39 is 35.8 Å². The van der Waals surface area contributed by atoms with E-state index in [2.05, 4.69) is 0 Å². The smallest absolute Gasteiger partial charge is 0.326 e. The molecule has 1 N–H and O–H groups in total. The number of carbonyl (C=O) groups is 4. The van der Waals surface area contributed by atoms with Crippen LogP contribution in [0.4, 0.5) is 0 Å². The Balaban J connectivity index is 1.62. The van der Waals surface area contributed by atoms with E-state index in [0.717, 1.165) is 15.3 Å². The molecule has 3 aliphatic rings. The highest BCUT2D eigenvalue weighted by atomic mass is 32.1. The van der Waals surface area contributed by atoms with Crippen LogP contribution in [0.1, 0.15) is 56.5 Å². The number of amides is 3. The van der Waals surface area contributed by atoms with Crippen LogP contribution in [0.5, 0.6) is 0 Å². The van der Waals surface area contributed by atoms with E-state index in [1.54, 1.807) is 24.3 Å². The lowest BCUT2D eigenvalue weighted by Gasteiger charge is -2.41. The number of aliphatic carboxylic acids is 1. The zero-order valence-corrected chi connectivity index (χ0v) is 16.2. The number of rotatable bonds is 2. The van der Waals surface area contributed by atoms with Gasteiger partial charge in [0.2, 0.25) is 5.91 Å². The second-order valence-electron chi connectivity index (χ2n) is 7.59. The molecule has 2 aromatic rings. The molecule has 3 aliphatic heterocycles. The van der Waals surface area contributed by atoms with E-state index in [9.17, 15) is 24.3 Å². The van der Waals surface area contributed by atoms with Crippen LogP contribution < -0.4 is 0 Å². The molecule has 3 atom stereocenters. The Hall–Kier alpha value is -3.00. The van der Waals surface area contributed by atoms with Crippen LogP contribution in [-0.2, 0) is 16.0 Å². The van der Waals surface area contributed by atoms with Crippen molar-refractivity contribution in [1.29, 1.82) is 0 Å². The number of nitrogens with zero attached hydrogens (tertiary/aromatic N) is 2. The lowest BCUT2D eigenvalue weighted by molar-refractivity contribution is -0.156. The van der Waals surface area contributed by atoms with Crippen molar-refractivity contribution >= 4 is 35.0 Å². The molecule has 1 fully saturated rings. The number of carboxylic acid groups (broad SMARTS) is 1. The van der Waals surface area contributed by atoms with Gasteiger partial charge in [0.25, 0.3) is 11.8 Å². The molecular formula is C21H18N2O5S. The molecule has 0 radical (unpaired) electrons. The van der Waals surface area contributed by atoms with Gasteiger partial charge in [-0.3, -0.25) is 19.3 Å². The summed E-state index contributed by atoms with van der Waals surface area (Å²) in [5.41, 5.74) is 1.50. The number of fused-ring (bicyclic) bond motifs is 4. The summed E-state index contributed by atoms with van der Waals surface area (Å²) >= 11 is 1.48. The van der Waals surface area contributed by atoms with Crippen molar-refractivity contribution in [3.63, 3.8) is 0 Å². The van der Waals surface area contributed by atoms with Crippen molar-refractivity contribution in [2.45, 2.75) is 43.8 Å².